The molecule has 0 aliphatic heterocycles. The summed E-state index contributed by atoms with van der Waals surface area (Å²) in [7, 11) is 0. The number of nitrogens with one attached hydrogen (secondary N) is 1. The Bertz CT molecular complexity index is 1260. The topological polar surface area (TPSA) is 76.7 Å². The molecule has 2 heterocycles. The third kappa shape index (κ3) is 3.16. The van der Waals surface area contributed by atoms with Gasteiger partial charge in [0.2, 0.25) is 5.89 Å². The molecule has 6 nitrogen and oxygen atoms in total. The summed E-state index contributed by atoms with van der Waals surface area (Å²) in [4.78, 5) is 9.31. The Labute approximate surface area is 173 Å². The number of rotatable bonds is 5. The lowest BCUT2D eigenvalue weighted by molar-refractivity contribution is 0.587. The fraction of sp³-hybridized carbons (Fsp3) is 0.167. The molecule has 0 bridgehead atoms. The van der Waals surface area contributed by atoms with E-state index in [1.54, 1.807) is 0 Å². The predicted octanol–water partition coefficient (Wildman–Crippen LogP) is 5.14. The first-order valence-electron chi connectivity index (χ1n) is 10.2. The van der Waals surface area contributed by atoms with Crippen LogP contribution in [0.2, 0.25) is 0 Å². The van der Waals surface area contributed by atoms with E-state index < -0.39 is 0 Å². The van der Waals surface area contributed by atoms with E-state index >= 15 is 0 Å². The fourth-order valence-corrected chi connectivity index (χ4v) is 3.82. The number of benzene rings is 2. The third-order valence-corrected chi connectivity index (χ3v) is 5.55. The van der Waals surface area contributed by atoms with Gasteiger partial charge < -0.3 is 9.73 Å². The van der Waals surface area contributed by atoms with E-state index in [2.05, 4.69) is 38.7 Å². The van der Waals surface area contributed by atoms with Crippen LogP contribution in [0.3, 0.4) is 0 Å². The number of hydrogen-bond acceptors (Lipinski definition) is 6. The summed E-state index contributed by atoms with van der Waals surface area (Å²) < 4.78 is 5.85. The highest BCUT2D eigenvalue weighted by atomic mass is 16.4. The lowest BCUT2D eigenvalue weighted by Crippen LogP contribution is -1.96. The highest BCUT2D eigenvalue weighted by Gasteiger charge is 2.26. The molecular formula is C24H19N5O. The second kappa shape index (κ2) is 6.91. The quantitative estimate of drug-likeness (QED) is 0.506. The van der Waals surface area contributed by atoms with Crippen molar-refractivity contribution in [3.63, 3.8) is 0 Å². The standard InChI is InChI=1S/C24H19N5O/c1-2-4-18(5-3-1)26-24-29-28-23(30-24)17-9-6-15-10-11-19(20(15)12-17)22-14-25-13-21(27-22)16-7-8-16/h1-6,9,11-14,16H,7-8,10H2,(H,26,29). The molecule has 146 valence electrons. The van der Waals surface area contributed by atoms with Gasteiger partial charge in [-0.1, -0.05) is 35.4 Å². The van der Waals surface area contributed by atoms with Gasteiger partial charge in [0.05, 0.1) is 17.6 Å². The number of aromatic nitrogens is 4. The summed E-state index contributed by atoms with van der Waals surface area (Å²) in [5.74, 6) is 1.07. The van der Waals surface area contributed by atoms with Gasteiger partial charge in [0.15, 0.2) is 0 Å². The monoisotopic (exact) mass is 393 g/mol. The smallest absolute Gasteiger partial charge is 0.320 e. The molecule has 30 heavy (non-hydrogen) atoms. The third-order valence-electron chi connectivity index (χ3n) is 5.55. The predicted molar refractivity (Wildman–Crippen MR) is 114 cm³/mol. The Hall–Kier alpha value is -3.80. The average Bonchev–Trinajstić information content (AvgIpc) is 3.40. The molecular weight excluding hydrogens is 374 g/mol. The van der Waals surface area contributed by atoms with Crippen LogP contribution in [-0.4, -0.2) is 20.2 Å². The van der Waals surface area contributed by atoms with Crippen molar-refractivity contribution < 1.29 is 4.42 Å². The summed E-state index contributed by atoms with van der Waals surface area (Å²) in [5.41, 5.74) is 7.39. The van der Waals surface area contributed by atoms with Crippen LogP contribution in [-0.2, 0) is 6.42 Å². The molecule has 0 radical (unpaired) electrons. The molecule has 4 aromatic rings. The maximum Gasteiger partial charge on any atom is 0.320 e. The molecule has 0 atom stereocenters. The van der Waals surface area contributed by atoms with E-state index in [-0.39, 0.29) is 0 Å². The summed E-state index contributed by atoms with van der Waals surface area (Å²) in [6.07, 6.45) is 9.31. The van der Waals surface area contributed by atoms with Crippen molar-refractivity contribution in [1.82, 2.24) is 20.2 Å². The Balaban J connectivity index is 1.30. The number of nitrogens with zero attached hydrogens (tertiary/aromatic N) is 4. The van der Waals surface area contributed by atoms with Gasteiger partial charge in [-0.3, -0.25) is 4.98 Å². The van der Waals surface area contributed by atoms with Crippen LogP contribution in [0.15, 0.2) is 71.4 Å². The normalized spacial score (nSPS) is 15.0. The number of hydrogen-bond donors (Lipinski definition) is 1. The van der Waals surface area contributed by atoms with Crippen molar-refractivity contribution in [2.24, 2.45) is 0 Å². The zero-order valence-electron chi connectivity index (χ0n) is 16.2. The Morgan fingerprint density at radius 3 is 2.73 bits per heavy atom. The zero-order chi connectivity index (χ0) is 19.9. The molecule has 1 saturated carbocycles. The molecule has 0 unspecified atom stereocenters. The van der Waals surface area contributed by atoms with Crippen molar-refractivity contribution in [2.75, 3.05) is 5.32 Å². The summed E-state index contributed by atoms with van der Waals surface area (Å²) in [6, 6.07) is 16.4. The van der Waals surface area contributed by atoms with Gasteiger partial charge in [-0.2, -0.15) is 0 Å². The largest absolute Gasteiger partial charge is 0.403 e. The number of anilines is 2. The summed E-state index contributed by atoms with van der Waals surface area (Å²) >= 11 is 0. The van der Waals surface area contributed by atoms with Crippen LogP contribution < -0.4 is 5.32 Å². The van der Waals surface area contributed by atoms with Gasteiger partial charge in [-0.15, -0.1) is 5.10 Å². The molecule has 6 rings (SSSR count). The minimum Gasteiger partial charge on any atom is -0.403 e. The fourth-order valence-electron chi connectivity index (χ4n) is 3.82. The molecule has 0 spiro atoms. The lowest BCUT2D eigenvalue weighted by Gasteiger charge is -2.08. The maximum absolute atomic E-state index is 5.85. The van der Waals surface area contributed by atoms with Gasteiger partial charge in [-0.25, -0.2) is 4.98 Å². The van der Waals surface area contributed by atoms with Gasteiger partial charge in [0.25, 0.3) is 0 Å². The molecule has 1 N–H and O–H groups in total. The Kier molecular flexibility index (Phi) is 3.94. The summed E-state index contributed by atoms with van der Waals surface area (Å²) in [5, 5.41) is 11.5. The van der Waals surface area contributed by atoms with Crippen molar-refractivity contribution in [2.45, 2.75) is 25.2 Å². The van der Waals surface area contributed by atoms with Gasteiger partial charge in [0.1, 0.15) is 0 Å². The Morgan fingerprint density at radius 2 is 1.87 bits per heavy atom. The van der Waals surface area contributed by atoms with E-state index in [4.69, 9.17) is 9.40 Å². The minimum absolute atomic E-state index is 0.371. The van der Waals surface area contributed by atoms with Gasteiger partial charge in [0, 0.05) is 28.9 Å². The molecule has 6 heteroatoms. The average molecular weight is 393 g/mol. The van der Waals surface area contributed by atoms with E-state index in [0.717, 1.165) is 40.2 Å². The number of fused-ring (bicyclic) bond motifs is 1. The van der Waals surface area contributed by atoms with E-state index in [1.165, 1.54) is 18.4 Å². The molecule has 1 fully saturated rings. The van der Waals surface area contributed by atoms with Crippen molar-refractivity contribution >= 4 is 17.3 Å². The SMILES string of the molecule is C1=C(c2cncc(C3CC3)n2)c2cc(-c3nnc(Nc4ccccc4)o3)ccc2C1. The maximum atomic E-state index is 5.85. The lowest BCUT2D eigenvalue weighted by atomic mass is 10.0. The van der Waals surface area contributed by atoms with Crippen LogP contribution >= 0.6 is 0 Å². The van der Waals surface area contributed by atoms with Gasteiger partial charge >= 0.3 is 6.01 Å². The minimum atomic E-state index is 0.371. The zero-order valence-corrected chi connectivity index (χ0v) is 16.2. The highest BCUT2D eigenvalue weighted by Crippen LogP contribution is 2.40. The van der Waals surface area contributed by atoms with Gasteiger partial charge in [-0.05, 0) is 54.7 Å². The van der Waals surface area contributed by atoms with Crippen molar-refractivity contribution in [3.8, 4) is 11.5 Å². The van der Waals surface area contributed by atoms with Crippen LogP contribution in [0.1, 0.15) is 41.3 Å². The van der Waals surface area contributed by atoms with Crippen LogP contribution in [0, 0.1) is 0 Å². The van der Waals surface area contributed by atoms with Crippen molar-refractivity contribution in [3.05, 3.63) is 89.5 Å². The molecule has 2 aliphatic rings. The molecule has 2 aromatic heterocycles. The molecule has 2 aromatic carbocycles. The Morgan fingerprint density at radius 1 is 0.967 bits per heavy atom. The highest BCUT2D eigenvalue weighted by molar-refractivity contribution is 5.84. The van der Waals surface area contributed by atoms with Crippen molar-refractivity contribution in [1.29, 1.82) is 0 Å². The van der Waals surface area contributed by atoms with E-state index in [1.807, 2.05) is 48.8 Å². The summed E-state index contributed by atoms with van der Waals surface area (Å²) in [6.45, 7) is 0. The molecule has 0 amide bonds. The number of allylic oxidation sites excluding steroid dienone is 1. The first-order valence-corrected chi connectivity index (χ1v) is 10.2. The second-order valence-corrected chi connectivity index (χ2v) is 7.70. The second-order valence-electron chi connectivity index (χ2n) is 7.70. The first kappa shape index (κ1) is 17.1. The van der Waals surface area contributed by atoms with Crippen LogP contribution in [0.4, 0.5) is 11.7 Å². The molecule has 0 saturated heterocycles. The van der Waals surface area contributed by atoms with E-state index in [0.29, 0.717) is 17.8 Å². The van der Waals surface area contributed by atoms with Crippen LogP contribution in [0.25, 0.3) is 17.0 Å². The van der Waals surface area contributed by atoms with E-state index in [9.17, 15) is 0 Å². The van der Waals surface area contributed by atoms with Crippen LogP contribution in [0.5, 0.6) is 0 Å². The first-order chi connectivity index (χ1) is 14.8. The molecule has 2 aliphatic carbocycles. The number of para-hydroxylation sites is 1.